The standard InChI is InChI=1S/C11H11FN4O/c1-16-5-4-9(15-16)7-14-11(17)8-2-3-10(12)13-6-8/h2-6H,7H2,1H3,(H,14,17). The highest BCUT2D eigenvalue weighted by molar-refractivity contribution is 5.93. The van der Waals surface area contributed by atoms with E-state index in [4.69, 9.17) is 0 Å². The van der Waals surface area contributed by atoms with Crippen molar-refractivity contribution >= 4 is 5.91 Å². The van der Waals surface area contributed by atoms with Gasteiger partial charge in [0, 0.05) is 19.4 Å². The van der Waals surface area contributed by atoms with Crippen LogP contribution in [0.3, 0.4) is 0 Å². The highest BCUT2D eigenvalue weighted by Gasteiger charge is 2.06. The van der Waals surface area contributed by atoms with Crippen LogP contribution in [0.2, 0.25) is 0 Å². The third-order valence-electron chi connectivity index (χ3n) is 2.19. The highest BCUT2D eigenvalue weighted by atomic mass is 19.1. The average Bonchev–Trinajstić information content (AvgIpc) is 2.73. The Hall–Kier alpha value is -2.24. The van der Waals surface area contributed by atoms with Crippen LogP contribution < -0.4 is 5.32 Å². The van der Waals surface area contributed by atoms with Gasteiger partial charge in [-0.2, -0.15) is 9.49 Å². The fourth-order valence-corrected chi connectivity index (χ4v) is 1.34. The number of hydrogen-bond donors (Lipinski definition) is 1. The van der Waals surface area contributed by atoms with Gasteiger partial charge in [0.1, 0.15) is 0 Å². The average molecular weight is 234 g/mol. The van der Waals surface area contributed by atoms with Crippen molar-refractivity contribution in [2.24, 2.45) is 7.05 Å². The maximum absolute atomic E-state index is 12.5. The van der Waals surface area contributed by atoms with Gasteiger partial charge in [-0.1, -0.05) is 0 Å². The number of pyridine rings is 1. The molecule has 1 amide bonds. The first-order valence-corrected chi connectivity index (χ1v) is 5.03. The van der Waals surface area contributed by atoms with Crippen molar-refractivity contribution < 1.29 is 9.18 Å². The smallest absolute Gasteiger partial charge is 0.253 e. The summed E-state index contributed by atoms with van der Waals surface area (Å²) in [5.41, 5.74) is 1.08. The Morgan fingerprint density at radius 3 is 2.88 bits per heavy atom. The number of aryl methyl sites for hydroxylation is 1. The minimum absolute atomic E-state index is 0.303. The minimum atomic E-state index is -0.605. The molecule has 0 radical (unpaired) electrons. The first kappa shape index (κ1) is 11.3. The lowest BCUT2D eigenvalue weighted by Crippen LogP contribution is -2.23. The van der Waals surface area contributed by atoms with E-state index >= 15 is 0 Å². The molecule has 0 aliphatic carbocycles. The van der Waals surface area contributed by atoms with Gasteiger partial charge >= 0.3 is 0 Å². The Labute approximate surface area is 97.3 Å². The molecule has 0 spiro atoms. The molecule has 0 aliphatic heterocycles. The second-order valence-electron chi connectivity index (χ2n) is 3.53. The zero-order chi connectivity index (χ0) is 12.3. The molecule has 0 atom stereocenters. The van der Waals surface area contributed by atoms with Gasteiger partial charge in [0.05, 0.1) is 17.8 Å². The maximum atomic E-state index is 12.5. The van der Waals surface area contributed by atoms with E-state index in [9.17, 15) is 9.18 Å². The molecule has 2 aromatic rings. The van der Waals surface area contributed by atoms with E-state index < -0.39 is 5.95 Å². The number of nitrogens with one attached hydrogen (secondary N) is 1. The Morgan fingerprint density at radius 1 is 1.47 bits per heavy atom. The molecule has 0 bridgehead atoms. The van der Waals surface area contributed by atoms with Gasteiger partial charge in [0.25, 0.3) is 5.91 Å². The minimum Gasteiger partial charge on any atom is -0.346 e. The fraction of sp³-hybridized carbons (Fsp3) is 0.182. The molecule has 0 aromatic carbocycles. The first-order valence-electron chi connectivity index (χ1n) is 5.03. The molecular weight excluding hydrogens is 223 g/mol. The topological polar surface area (TPSA) is 59.8 Å². The second-order valence-corrected chi connectivity index (χ2v) is 3.53. The Morgan fingerprint density at radius 2 is 2.29 bits per heavy atom. The number of nitrogens with zero attached hydrogens (tertiary/aromatic N) is 3. The molecule has 0 saturated carbocycles. The van der Waals surface area contributed by atoms with Crippen LogP contribution in [0.1, 0.15) is 16.1 Å². The third-order valence-corrected chi connectivity index (χ3v) is 2.19. The van der Waals surface area contributed by atoms with Crippen LogP contribution in [0.15, 0.2) is 30.6 Å². The SMILES string of the molecule is Cn1ccc(CNC(=O)c2ccc(F)nc2)n1. The monoisotopic (exact) mass is 234 g/mol. The molecule has 0 aliphatic rings. The molecule has 2 heterocycles. The van der Waals surface area contributed by atoms with Gasteiger partial charge in [0.2, 0.25) is 5.95 Å². The van der Waals surface area contributed by atoms with Crippen molar-refractivity contribution in [1.82, 2.24) is 20.1 Å². The number of aromatic nitrogens is 3. The summed E-state index contributed by atoms with van der Waals surface area (Å²) >= 11 is 0. The van der Waals surface area contributed by atoms with Crippen LogP contribution in [0.25, 0.3) is 0 Å². The van der Waals surface area contributed by atoms with Crippen LogP contribution >= 0.6 is 0 Å². The number of carbonyl (C=O) groups excluding carboxylic acids is 1. The van der Waals surface area contributed by atoms with E-state index in [0.717, 1.165) is 11.8 Å². The van der Waals surface area contributed by atoms with Gasteiger partial charge in [-0.25, -0.2) is 4.98 Å². The van der Waals surface area contributed by atoms with Gasteiger partial charge in [-0.3, -0.25) is 9.48 Å². The van der Waals surface area contributed by atoms with Crippen molar-refractivity contribution in [2.45, 2.75) is 6.54 Å². The van der Waals surface area contributed by atoms with Crippen LogP contribution in [0.5, 0.6) is 0 Å². The van der Waals surface area contributed by atoms with E-state index in [0.29, 0.717) is 12.1 Å². The van der Waals surface area contributed by atoms with Crippen LogP contribution in [-0.4, -0.2) is 20.7 Å². The zero-order valence-electron chi connectivity index (χ0n) is 9.22. The number of rotatable bonds is 3. The van der Waals surface area contributed by atoms with Crippen molar-refractivity contribution in [2.75, 3.05) is 0 Å². The normalized spacial score (nSPS) is 10.2. The van der Waals surface area contributed by atoms with Gasteiger partial charge in [0.15, 0.2) is 0 Å². The number of hydrogen-bond acceptors (Lipinski definition) is 3. The maximum Gasteiger partial charge on any atom is 0.253 e. The van der Waals surface area contributed by atoms with Gasteiger partial charge in [-0.15, -0.1) is 0 Å². The molecule has 0 saturated heterocycles. The first-order chi connectivity index (χ1) is 8.15. The van der Waals surface area contributed by atoms with Crippen LogP contribution in [0, 0.1) is 5.95 Å². The molecule has 1 N–H and O–H groups in total. The predicted octanol–water partition coefficient (Wildman–Crippen LogP) is 0.884. The lowest BCUT2D eigenvalue weighted by molar-refractivity contribution is 0.0950. The van der Waals surface area contributed by atoms with Gasteiger partial charge < -0.3 is 5.32 Å². The van der Waals surface area contributed by atoms with Crippen molar-refractivity contribution in [1.29, 1.82) is 0 Å². The van der Waals surface area contributed by atoms with Gasteiger partial charge in [-0.05, 0) is 18.2 Å². The molecule has 6 heteroatoms. The second kappa shape index (κ2) is 4.73. The summed E-state index contributed by atoms with van der Waals surface area (Å²) in [5.74, 6) is -0.908. The summed E-state index contributed by atoms with van der Waals surface area (Å²) in [6.45, 7) is 0.330. The fourth-order valence-electron chi connectivity index (χ4n) is 1.34. The van der Waals surface area contributed by atoms with E-state index in [2.05, 4.69) is 15.4 Å². The summed E-state index contributed by atoms with van der Waals surface area (Å²) in [6.07, 6.45) is 2.99. The molecule has 17 heavy (non-hydrogen) atoms. The van der Waals surface area contributed by atoms with Crippen molar-refractivity contribution in [3.8, 4) is 0 Å². The van der Waals surface area contributed by atoms with E-state index in [-0.39, 0.29) is 5.91 Å². The van der Waals surface area contributed by atoms with E-state index in [1.54, 1.807) is 17.9 Å². The summed E-state index contributed by atoms with van der Waals surface area (Å²) in [7, 11) is 1.80. The summed E-state index contributed by atoms with van der Waals surface area (Å²) < 4.78 is 14.2. The summed E-state index contributed by atoms with van der Waals surface area (Å²) in [4.78, 5) is 15.0. The highest BCUT2D eigenvalue weighted by Crippen LogP contribution is 2.00. The molecule has 5 nitrogen and oxygen atoms in total. The lowest BCUT2D eigenvalue weighted by atomic mass is 10.2. The zero-order valence-corrected chi connectivity index (χ0v) is 9.22. The molecule has 88 valence electrons. The molecule has 0 unspecified atom stereocenters. The van der Waals surface area contributed by atoms with Crippen LogP contribution in [-0.2, 0) is 13.6 Å². The third kappa shape index (κ3) is 2.87. The largest absolute Gasteiger partial charge is 0.346 e. The Balaban J connectivity index is 1.95. The quantitative estimate of drug-likeness (QED) is 0.802. The summed E-state index contributed by atoms with van der Waals surface area (Å²) in [5, 5.41) is 6.79. The predicted molar refractivity (Wildman–Crippen MR) is 58.6 cm³/mol. The number of carbonyl (C=O) groups is 1. The van der Waals surface area contributed by atoms with Crippen LogP contribution in [0.4, 0.5) is 4.39 Å². The molecule has 0 fully saturated rings. The Kier molecular flexibility index (Phi) is 3.13. The molecule has 2 aromatic heterocycles. The van der Waals surface area contributed by atoms with E-state index in [1.807, 2.05) is 6.07 Å². The lowest BCUT2D eigenvalue weighted by Gasteiger charge is -2.02. The molecule has 2 rings (SSSR count). The van der Waals surface area contributed by atoms with Crippen molar-refractivity contribution in [3.63, 3.8) is 0 Å². The Bertz CT molecular complexity index is 521. The van der Waals surface area contributed by atoms with E-state index in [1.165, 1.54) is 12.3 Å². The number of amides is 1. The summed E-state index contributed by atoms with van der Waals surface area (Å²) in [6, 6.07) is 4.34. The molecular formula is C11H11FN4O. The van der Waals surface area contributed by atoms with Crippen molar-refractivity contribution in [3.05, 3.63) is 47.8 Å². The number of halogens is 1.